The molecular formula is C16H14N2O3S2. The first kappa shape index (κ1) is 15.8. The molecule has 3 aromatic rings. The van der Waals surface area contributed by atoms with Crippen molar-refractivity contribution in [2.45, 2.75) is 18.5 Å². The Balaban J connectivity index is 1.96. The fourth-order valence-corrected chi connectivity index (χ4v) is 3.97. The van der Waals surface area contributed by atoms with E-state index in [0.717, 1.165) is 16.7 Å². The number of hydrogen-bond acceptors (Lipinski definition) is 5. The average molecular weight is 346 g/mol. The fourth-order valence-electron chi connectivity index (χ4n) is 2.18. The molecule has 0 saturated heterocycles. The molecular weight excluding hydrogens is 332 g/mol. The van der Waals surface area contributed by atoms with Crippen molar-refractivity contribution in [2.75, 3.05) is 5.75 Å². The SMILES string of the molecule is Cc1ccc(-c2csc3nc(SCCC(=O)O)[nH]c(=O)c23)cc1. The van der Waals surface area contributed by atoms with Crippen LogP contribution in [0.5, 0.6) is 0 Å². The molecule has 2 N–H and O–H groups in total. The molecule has 0 saturated carbocycles. The largest absolute Gasteiger partial charge is 0.481 e. The minimum absolute atomic E-state index is 0.0332. The van der Waals surface area contributed by atoms with Gasteiger partial charge in [0.1, 0.15) is 4.83 Å². The Morgan fingerprint density at radius 2 is 2.09 bits per heavy atom. The van der Waals surface area contributed by atoms with Crippen LogP contribution in [-0.4, -0.2) is 26.8 Å². The standard InChI is InChI=1S/C16H14N2O3S2/c1-9-2-4-10(5-3-9)11-8-23-15-13(11)14(21)17-16(18-15)22-7-6-12(19)20/h2-5,8H,6-7H2,1H3,(H,19,20)(H,17,18,21). The number of aromatic nitrogens is 2. The Kier molecular flexibility index (Phi) is 4.49. The van der Waals surface area contributed by atoms with Gasteiger partial charge >= 0.3 is 5.97 Å². The normalized spacial score (nSPS) is 11.0. The molecule has 23 heavy (non-hydrogen) atoms. The number of carboxylic acid groups (broad SMARTS) is 1. The van der Waals surface area contributed by atoms with Crippen LogP contribution in [0.4, 0.5) is 0 Å². The summed E-state index contributed by atoms with van der Waals surface area (Å²) in [7, 11) is 0. The van der Waals surface area contributed by atoms with Gasteiger partial charge in [-0.25, -0.2) is 4.98 Å². The molecule has 0 unspecified atom stereocenters. The highest BCUT2D eigenvalue weighted by Gasteiger charge is 2.13. The zero-order valence-corrected chi connectivity index (χ0v) is 14.0. The van der Waals surface area contributed by atoms with Gasteiger partial charge in [-0.05, 0) is 12.5 Å². The third kappa shape index (κ3) is 3.46. The van der Waals surface area contributed by atoms with Gasteiger partial charge < -0.3 is 10.1 Å². The zero-order valence-electron chi connectivity index (χ0n) is 12.3. The third-order valence-corrected chi connectivity index (χ3v) is 5.09. The van der Waals surface area contributed by atoms with E-state index < -0.39 is 5.97 Å². The number of thioether (sulfide) groups is 1. The van der Waals surface area contributed by atoms with E-state index in [9.17, 15) is 9.59 Å². The summed E-state index contributed by atoms with van der Waals surface area (Å²) in [4.78, 5) is 30.8. The van der Waals surface area contributed by atoms with Gasteiger partial charge in [0, 0.05) is 16.7 Å². The van der Waals surface area contributed by atoms with Crippen molar-refractivity contribution in [3.05, 3.63) is 45.6 Å². The molecule has 0 aliphatic rings. The first-order valence-electron chi connectivity index (χ1n) is 6.98. The van der Waals surface area contributed by atoms with Crippen molar-refractivity contribution in [1.82, 2.24) is 9.97 Å². The van der Waals surface area contributed by atoms with Gasteiger partial charge in [-0.3, -0.25) is 9.59 Å². The molecule has 0 atom stereocenters. The molecule has 0 bridgehead atoms. The molecule has 118 valence electrons. The highest BCUT2D eigenvalue weighted by Crippen LogP contribution is 2.31. The number of nitrogens with one attached hydrogen (secondary N) is 1. The number of benzene rings is 1. The predicted octanol–water partition coefficient (Wildman–Crippen LogP) is 3.53. The summed E-state index contributed by atoms with van der Waals surface area (Å²) < 4.78 is 0. The van der Waals surface area contributed by atoms with Crippen molar-refractivity contribution < 1.29 is 9.90 Å². The van der Waals surface area contributed by atoms with Gasteiger partial charge in [0.2, 0.25) is 0 Å². The number of thiophene rings is 1. The van der Waals surface area contributed by atoms with Gasteiger partial charge in [0.05, 0.1) is 11.8 Å². The number of aromatic amines is 1. The molecule has 1 aromatic carbocycles. The van der Waals surface area contributed by atoms with Gasteiger partial charge in [0.25, 0.3) is 5.56 Å². The van der Waals surface area contributed by atoms with Crippen LogP contribution >= 0.6 is 23.1 Å². The van der Waals surface area contributed by atoms with Crippen molar-refractivity contribution in [3.63, 3.8) is 0 Å². The lowest BCUT2D eigenvalue weighted by Gasteiger charge is -2.02. The number of nitrogens with zero attached hydrogens (tertiary/aromatic N) is 1. The van der Waals surface area contributed by atoms with Crippen molar-refractivity contribution >= 4 is 39.3 Å². The summed E-state index contributed by atoms with van der Waals surface area (Å²) in [5.41, 5.74) is 2.84. The maximum absolute atomic E-state index is 12.4. The third-order valence-electron chi connectivity index (χ3n) is 3.34. The maximum atomic E-state index is 12.4. The minimum Gasteiger partial charge on any atom is -0.481 e. The summed E-state index contributed by atoms with van der Waals surface area (Å²) in [6.07, 6.45) is 0.0332. The molecule has 2 heterocycles. The Morgan fingerprint density at radius 3 is 2.78 bits per heavy atom. The number of hydrogen-bond donors (Lipinski definition) is 2. The van der Waals surface area contributed by atoms with Crippen LogP contribution in [-0.2, 0) is 4.79 Å². The topological polar surface area (TPSA) is 83.0 Å². The predicted molar refractivity (Wildman–Crippen MR) is 93.4 cm³/mol. The van der Waals surface area contributed by atoms with Crippen LogP contribution in [0.15, 0.2) is 39.6 Å². The minimum atomic E-state index is -0.862. The summed E-state index contributed by atoms with van der Waals surface area (Å²) >= 11 is 2.66. The van der Waals surface area contributed by atoms with Gasteiger partial charge in [-0.1, -0.05) is 41.6 Å². The Labute approximate surface area is 140 Å². The molecule has 0 spiro atoms. The Morgan fingerprint density at radius 1 is 1.35 bits per heavy atom. The van der Waals surface area contributed by atoms with Crippen LogP contribution in [0.2, 0.25) is 0 Å². The lowest BCUT2D eigenvalue weighted by molar-refractivity contribution is -0.136. The second kappa shape index (κ2) is 6.55. The van der Waals surface area contributed by atoms with Crippen molar-refractivity contribution in [3.8, 4) is 11.1 Å². The van der Waals surface area contributed by atoms with Crippen molar-refractivity contribution in [1.29, 1.82) is 0 Å². The van der Waals surface area contributed by atoms with E-state index in [1.54, 1.807) is 0 Å². The fraction of sp³-hybridized carbons (Fsp3) is 0.188. The second-order valence-electron chi connectivity index (χ2n) is 5.06. The Bertz CT molecular complexity index is 913. The summed E-state index contributed by atoms with van der Waals surface area (Å²) in [6.45, 7) is 2.02. The number of carbonyl (C=O) groups is 1. The lowest BCUT2D eigenvalue weighted by atomic mass is 10.1. The van der Waals surface area contributed by atoms with Gasteiger partial charge in [0.15, 0.2) is 5.16 Å². The average Bonchev–Trinajstić information content (AvgIpc) is 2.92. The molecule has 0 radical (unpaired) electrons. The van der Waals surface area contributed by atoms with E-state index >= 15 is 0 Å². The number of aliphatic carboxylic acids is 1. The highest BCUT2D eigenvalue weighted by molar-refractivity contribution is 7.99. The number of fused-ring (bicyclic) bond motifs is 1. The maximum Gasteiger partial charge on any atom is 0.304 e. The van der Waals surface area contributed by atoms with Crippen LogP contribution < -0.4 is 5.56 Å². The molecule has 5 nitrogen and oxygen atoms in total. The summed E-state index contributed by atoms with van der Waals surface area (Å²) in [5, 5.41) is 11.6. The van der Waals surface area contributed by atoms with Crippen LogP contribution in [0.1, 0.15) is 12.0 Å². The molecule has 7 heteroatoms. The zero-order chi connectivity index (χ0) is 16.4. The quantitative estimate of drug-likeness (QED) is 0.545. The van der Waals surface area contributed by atoms with E-state index in [1.807, 2.05) is 36.6 Å². The molecule has 3 rings (SSSR count). The smallest absolute Gasteiger partial charge is 0.304 e. The van der Waals surface area contributed by atoms with Crippen LogP contribution in [0, 0.1) is 6.92 Å². The molecule has 0 aliphatic carbocycles. The van der Waals surface area contributed by atoms with Crippen LogP contribution in [0.3, 0.4) is 0 Å². The van der Waals surface area contributed by atoms with E-state index in [0.29, 0.717) is 21.1 Å². The highest BCUT2D eigenvalue weighted by atomic mass is 32.2. The van der Waals surface area contributed by atoms with Crippen LogP contribution in [0.25, 0.3) is 21.3 Å². The molecule has 0 aliphatic heterocycles. The van der Waals surface area contributed by atoms with Crippen molar-refractivity contribution in [2.24, 2.45) is 0 Å². The number of rotatable bonds is 5. The number of carboxylic acids is 1. The Hall–Kier alpha value is -2.12. The summed E-state index contributed by atoms with van der Waals surface area (Å²) in [6, 6.07) is 8.00. The first-order chi connectivity index (χ1) is 11.0. The monoisotopic (exact) mass is 346 g/mol. The number of H-pyrrole nitrogens is 1. The van der Waals surface area contributed by atoms with E-state index in [1.165, 1.54) is 23.1 Å². The molecule has 0 fully saturated rings. The van der Waals surface area contributed by atoms with E-state index in [-0.39, 0.29) is 12.0 Å². The molecule has 2 aromatic heterocycles. The second-order valence-corrected chi connectivity index (χ2v) is 7.00. The lowest BCUT2D eigenvalue weighted by Crippen LogP contribution is -2.09. The number of aryl methyl sites for hydroxylation is 1. The van der Waals surface area contributed by atoms with Gasteiger partial charge in [-0.2, -0.15) is 0 Å². The van der Waals surface area contributed by atoms with E-state index in [2.05, 4.69) is 9.97 Å². The van der Waals surface area contributed by atoms with E-state index in [4.69, 9.17) is 5.11 Å². The first-order valence-corrected chi connectivity index (χ1v) is 8.84. The molecule has 0 amide bonds. The van der Waals surface area contributed by atoms with Gasteiger partial charge in [-0.15, -0.1) is 11.3 Å². The summed E-state index contributed by atoms with van der Waals surface area (Å²) in [5.74, 6) is -0.487.